The van der Waals surface area contributed by atoms with Crippen molar-refractivity contribution in [2.24, 2.45) is 0 Å². The summed E-state index contributed by atoms with van der Waals surface area (Å²) in [6.07, 6.45) is 3.48. The highest BCUT2D eigenvalue weighted by Crippen LogP contribution is 2.13. The second kappa shape index (κ2) is 3.74. The first-order valence-corrected chi connectivity index (χ1v) is 5.83. The van der Waals surface area contributed by atoms with Gasteiger partial charge in [0.15, 0.2) is 0 Å². The molecule has 1 heterocycles. The highest BCUT2D eigenvalue weighted by molar-refractivity contribution is 7.92. The molecule has 1 aromatic rings. The first-order valence-electron chi connectivity index (χ1n) is 3.94. The zero-order valence-corrected chi connectivity index (χ0v) is 8.43. The van der Waals surface area contributed by atoms with Gasteiger partial charge in [0.2, 0.25) is 10.0 Å². The van der Waals surface area contributed by atoms with Crippen LogP contribution in [0.3, 0.4) is 0 Å². The van der Waals surface area contributed by atoms with Crippen LogP contribution in [0, 0.1) is 0 Å². The third-order valence-corrected chi connectivity index (χ3v) is 2.11. The molecule has 0 radical (unpaired) electrons. The predicted octanol–water partition coefficient (Wildman–Crippen LogP) is 1.02. The van der Waals surface area contributed by atoms with Gasteiger partial charge in [-0.25, -0.2) is 8.42 Å². The lowest BCUT2D eigenvalue weighted by molar-refractivity contribution is 0.606. The zero-order chi connectivity index (χ0) is 9.90. The summed E-state index contributed by atoms with van der Waals surface area (Å²) < 4.78 is 24.3. The van der Waals surface area contributed by atoms with Crippen molar-refractivity contribution in [1.29, 1.82) is 0 Å². The molecule has 0 unspecified atom stereocenters. The van der Waals surface area contributed by atoms with E-state index in [1.165, 1.54) is 0 Å². The first kappa shape index (κ1) is 9.98. The van der Waals surface area contributed by atoms with E-state index in [1.807, 2.05) is 6.92 Å². The number of hydrogen-bond acceptors (Lipinski definition) is 3. The van der Waals surface area contributed by atoms with Gasteiger partial charge in [-0.15, -0.1) is 0 Å². The van der Waals surface area contributed by atoms with E-state index in [9.17, 15) is 8.42 Å². The molecule has 5 heteroatoms. The van der Waals surface area contributed by atoms with E-state index < -0.39 is 10.0 Å². The minimum atomic E-state index is -3.20. The lowest BCUT2D eigenvalue weighted by Crippen LogP contribution is -2.11. The topological polar surface area (TPSA) is 59.1 Å². The number of nitrogens with zero attached hydrogens (tertiary/aromatic N) is 1. The van der Waals surface area contributed by atoms with Gasteiger partial charge in [0.1, 0.15) is 0 Å². The second-order valence-corrected chi connectivity index (χ2v) is 4.47. The number of nitrogens with one attached hydrogen (secondary N) is 1. The van der Waals surface area contributed by atoms with Gasteiger partial charge < -0.3 is 0 Å². The van der Waals surface area contributed by atoms with Crippen LogP contribution >= 0.6 is 0 Å². The summed E-state index contributed by atoms with van der Waals surface area (Å²) in [4.78, 5) is 4.05. The van der Waals surface area contributed by atoms with Crippen LogP contribution in [-0.2, 0) is 16.4 Å². The van der Waals surface area contributed by atoms with Crippen LogP contribution in [0.1, 0.15) is 12.6 Å². The summed E-state index contributed by atoms with van der Waals surface area (Å²) in [7, 11) is -3.20. The molecule has 0 aliphatic carbocycles. The Bertz CT molecular complexity index is 387. The van der Waals surface area contributed by atoms with E-state index in [0.717, 1.165) is 11.9 Å². The Morgan fingerprint density at radius 1 is 1.54 bits per heavy atom. The summed E-state index contributed by atoms with van der Waals surface area (Å²) in [5.74, 6) is 0. The summed E-state index contributed by atoms with van der Waals surface area (Å²) in [6, 6.07) is 3.40. The minimum absolute atomic E-state index is 0.563. The van der Waals surface area contributed by atoms with Gasteiger partial charge in [-0.2, -0.15) is 0 Å². The van der Waals surface area contributed by atoms with Gasteiger partial charge in [0.05, 0.1) is 17.6 Å². The molecule has 13 heavy (non-hydrogen) atoms. The van der Waals surface area contributed by atoms with Crippen LogP contribution in [0.5, 0.6) is 0 Å². The van der Waals surface area contributed by atoms with Crippen molar-refractivity contribution in [2.75, 3.05) is 11.0 Å². The fourth-order valence-electron chi connectivity index (χ4n) is 1.01. The van der Waals surface area contributed by atoms with Crippen LogP contribution in [0.25, 0.3) is 0 Å². The number of aromatic nitrogens is 1. The minimum Gasteiger partial charge on any atom is -0.282 e. The van der Waals surface area contributed by atoms with Crippen LogP contribution < -0.4 is 4.72 Å². The summed E-state index contributed by atoms with van der Waals surface area (Å²) in [6.45, 7) is 1.93. The van der Waals surface area contributed by atoms with Crippen LogP contribution in [0.4, 0.5) is 5.69 Å². The highest BCUT2D eigenvalue weighted by atomic mass is 32.2. The Labute approximate surface area is 78.1 Å². The normalized spacial score (nSPS) is 11.2. The molecule has 1 aromatic heterocycles. The molecule has 0 fully saturated rings. The standard InChI is InChI=1S/C8H12N2O2S/c1-3-7-8(5-4-6-9-7)10-13(2,11)12/h4-6,10H,3H2,1-2H3. The average Bonchev–Trinajstić information content (AvgIpc) is 2.02. The largest absolute Gasteiger partial charge is 0.282 e. The number of hydrogen-bond donors (Lipinski definition) is 1. The van der Waals surface area contributed by atoms with Gasteiger partial charge in [0, 0.05) is 6.20 Å². The molecular weight excluding hydrogens is 188 g/mol. The molecule has 0 amide bonds. The number of pyridine rings is 1. The molecular formula is C8H12N2O2S. The SMILES string of the molecule is CCc1ncccc1NS(C)(=O)=O. The first-order chi connectivity index (χ1) is 6.03. The quantitative estimate of drug-likeness (QED) is 0.792. The predicted molar refractivity (Wildman–Crippen MR) is 52.1 cm³/mol. The lowest BCUT2D eigenvalue weighted by atomic mass is 10.2. The van der Waals surface area contributed by atoms with Crippen molar-refractivity contribution in [3.8, 4) is 0 Å². The maximum absolute atomic E-state index is 10.9. The van der Waals surface area contributed by atoms with E-state index in [2.05, 4.69) is 9.71 Å². The fraction of sp³-hybridized carbons (Fsp3) is 0.375. The number of anilines is 1. The molecule has 0 bridgehead atoms. The van der Waals surface area contributed by atoms with Gasteiger partial charge in [0.25, 0.3) is 0 Å². The molecule has 0 saturated carbocycles. The van der Waals surface area contributed by atoms with E-state index in [0.29, 0.717) is 12.1 Å². The Morgan fingerprint density at radius 2 is 2.23 bits per heavy atom. The van der Waals surface area contributed by atoms with Crippen LogP contribution in [0.2, 0.25) is 0 Å². The molecule has 0 aliphatic rings. The van der Waals surface area contributed by atoms with Gasteiger partial charge in [-0.05, 0) is 18.6 Å². The van der Waals surface area contributed by atoms with Crippen molar-refractivity contribution < 1.29 is 8.42 Å². The fourth-order valence-corrected chi connectivity index (χ4v) is 1.60. The van der Waals surface area contributed by atoms with E-state index in [-0.39, 0.29) is 0 Å². The van der Waals surface area contributed by atoms with Crippen molar-refractivity contribution in [3.63, 3.8) is 0 Å². The Balaban J connectivity index is 3.01. The maximum atomic E-state index is 10.9. The number of rotatable bonds is 3. The summed E-state index contributed by atoms with van der Waals surface area (Å²) in [5.41, 5.74) is 1.32. The van der Waals surface area contributed by atoms with Gasteiger partial charge in [-0.3, -0.25) is 9.71 Å². The van der Waals surface area contributed by atoms with E-state index >= 15 is 0 Å². The second-order valence-electron chi connectivity index (χ2n) is 2.73. The summed E-state index contributed by atoms with van der Waals surface area (Å²) >= 11 is 0. The van der Waals surface area contributed by atoms with Crippen LogP contribution in [-0.4, -0.2) is 19.7 Å². The Morgan fingerprint density at radius 3 is 2.77 bits per heavy atom. The number of sulfonamides is 1. The maximum Gasteiger partial charge on any atom is 0.229 e. The smallest absolute Gasteiger partial charge is 0.229 e. The zero-order valence-electron chi connectivity index (χ0n) is 7.61. The van der Waals surface area contributed by atoms with E-state index in [4.69, 9.17) is 0 Å². The third kappa shape index (κ3) is 3.02. The van der Waals surface area contributed by atoms with Crippen molar-refractivity contribution in [1.82, 2.24) is 4.98 Å². The Kier molecular flexibility index (Phi) is 2.87. The highest BCUT2D eigenvalue weighted by Gasteiger charge is 2.05. The van der Waals surface area contributed by atoms with Gasteiger partial charge >= 0.3 is 0 Å². The third-order valence-electron chi connectivity index (χ3n) is 1.52. The molecule has 0 aromatic carbocycles. The molecule has 0 saturated heterocycles. The molecule has 4 nitrogen and oxygen atoms in total. The van der Waals surface area contributed by atoms with Crippen molar-refractivity contribution >= 4 is 15.7 Å². The molecule has 1 N–H and O–H groups in total. The Hall–Kier alpha value is -1.10. The molecule has 1 rings (SSSR count). The molecule has 0 aliphatic heterocycles. The molecule has 72 valence electrons. The summed E-state index contributed by atoms with van der Waals surface area (Å²) in [5, 5.41) is 0. The average molecular weight is 200 g/mol. The molecule has 0 spiro atoms. The molecule has 0 atom stereocenters. The van der Waals surface area contributed by atoms with Crippen molar-refractivity contribution in [2.45, 2.75) is 13.3 Å². The van der Waals surface area contributed by atoms with E-state index in [1.54, 1.807) is 18.3 Å². The number of aryl methyl sites for hydroxylation is 1. The van der Waals surface area contributed by atoms with Crippen molar-refractivity contribution in [3.05, 3.63) is 24.0 Å². The van der Waals surface area contributed by atoms with Crippen LogP contribution in [0.15, 0.2) is 18.3 Å². The lowest BCUT2D eigenvalue weighted by Gasteiger charge is -2.06. The van der Waals surface area contributed by atoms with Gasteiger partial charge in [-0.1, -0.05) is 6.92 Å². The monoisotopic (exact) mass is 200 g/mol.